The Bertz CT molecular complexity index is 1770. The lowest BCUT2D eigenvalue weighted by Gasteiger charge is -2.09. The Morgan fingerprint density at radius 3 is 2.12 bits per heavy atom. The molecular weight excluding hydrogens is 406 g/mol. The van der Waals surface area contributed by atoms with Gasteiger partial charge in [0, 0.05) is 36.6 Å². The Balaban J connectivity index is 1.56. The van der Waals surface area contributed by atoms with Gasteiger partial charge in [-0.1, -0.05) is 84.9 Å². The molecule has 5 aromatic carbocycles. The molecule has 0 atom stereocenters. The van der Waals surface area contributed by atoms with Crippen molar-refractivity contribution >= 4 is 53.3 Å². The number of benzene rings is 5. The first kappa shape index (κ1) is 17.8. The number of fused-ring (bicyclic) bond motifs is 6. The molecule has 0 N–H and O–H groups in total. The third-order valence-electron chi connectivity index (χ3n) is 6.40. The molecule has 0 aliphatic heterocycles. The molecule has 0 aliphatic carbocycles. The van der Waals surface area contributed by atoms with E-state index in [0.717, 1.165) is 0 Å². The van der Waals surface area contributed by atoms with E-state index in [1.165, 1.54) is 58.8 Å². The predicted molar refractivity (Wildman–Crippen MR) is 139 cm³/mol. The van der Waals surface area contributed by atoms with Gasteiger partial charge in [0.2, 0.25) is 0 Å². The molecule has 2 heteroatoms. The van der Waals surface area contributed by atoms with Crippen LogP contribution in [0.3, 0.4) is 0 Å². The summed E-state index contributed by atoms with van der Waals surface area (Å²) in [6.45, 7) is 0. The Morgan fingerprint density at radius 2 is 1.22 bits per heavy atom. The summed E-state index contributed by atoms with van der Waals surface area (Å²) < 4.78 is 5.09. The minimum absolute atomic E-state index is 1.19. The average molecular weight is 426 g/mol. The van der Waals surface area contributed by atoms with Crippen molar-refractivity contribution in [2.75, 3.05) is 0 Å². The lowest BCUT2D eigenvalue weighted by Crippen LogP contribution is -1.93. The van der Waals surface area contributed by atoms with E-state index < -0.39 is 0 Å². The molecule has 7 aromatic rings. The van der Waals surface area contributed by atoms with Crippen LogP contribution in [-0.2, 0) is 0 Å². The van der Waals surface area contributed by atoms with E-state index in [2.05, 4.69) is 120 Å². The first-order chi connectivity index (χ1) is 15.9. The quantitative estimate of drug-likeness (QED) is 0.261. The van der Waals surface area contributed by atoms with Crippen LogP contribution in [0.2, 0.25) is 0 Å². The molecule has 0 unspecified atom stereocenters. The summed E-state index contributed by atoms with van der Waals surface area (Å²) in [5, 5.41) is 5.26. The molecule has 0 saturated carbocycles. The zero-order valence-corrected chi connectivity index (χ0v) is 18.1. The fourth-order valence-corrected chi connectivity index (χ4v) is 6.21. The van der Waals surface area contributed by atoms with Gasteiger partial charge >= 0.3 is 0 Å². The Labute approximate surface area is 189 Å². The van der Waals surface area contributed by atoms with Crippen LogP contribution in [0.25, 0.3) is 58.8 Å². The SMILES string of the molecule is c1ccc(-n2c3ccccc3c3ccc(-c4cccc5c4sc4ccccc45)cc32)cc1. The van der Waals surface area contributed by atoms with E-state index in [4.69, 9.17) is 0 Å². The lowest BCUT2D eigenvalue weighted by molar-refractivity contribution is 1.18. The Kier molecular flexibility index (Phi) is 3.78. The van der Waals surface area contributed by atoms with Crippen LogP contribution in [-0.4, -0.2) is 4.57 Å². The first-order valence-corrected chi connectivity index (χ1v) is 11.7. The molecule has 150 valence electrons. The van der Waals surface area contributed by atoms with Gasteiger partial charge in [0.1, 0.15) is 0 Å². The van der Waals surface area contributed by atoms with Gasteiger partial charge in [-0.3, -0.25) is 0 Å². The van der Waals surface area contributed by atoms with Crippen molar-refractivity contribution in [3.8, 4) is 16.8 Å². The van der Waals surface area contributed by atoms with E-state index in [1.807, 2.05) is 11.3 Å². The highest BCUT2D eigenvalue weighted by Crippen LogP contribution is 2.41. The fourth-order valence-electron chi connectivity index (χ4n) is 4.97. The predicted octanol–water partition coefficient (Wildman–Crippen LogP) is 8.82. The van der Waals surface area contributed by atoms with E-state index in [-0.39, 0.29) is 0 Å². The van der Waals surface area contributed by atoms with Crippen molar-refractivity contribution in [3.05, 3.63) is 115 Å². The number of para-hydroxylation sites is 2. The Hall–Kier alpha value is -3.88. The Morgan fingerprint density at radius 1 is 0.500 bits per heavy atom. The van der Waals surface area contributed by atoms with Gasteiger partial charge in [-0.15, -0.1) is 11.3 Å². The molecular formula is C30H19NS. The molecule has 0 saturated heterocycles. The lowest BCUT2D eigenvalue weighted by atomic mass is 10.0. The number of nitrogens with zero attached hydrogens (tertiary/aromatic N) is 1. The molecule has 0 radical (unpaired) electrons. The largest absolute Gasteiger partial charge is 0.309 e. The molecule has 7 rings (SSSR count). The summed E-state index contributed by atoms with van der Waals surface area (Å²) in [7, 11) is 0. The van der Waals surface area contributed by atoms with Gasteiger partial charge < -0.3 is 4.57 Å². The van der Waals surface area contributed by atoms with Gasteiger partial charge in [0.25, 0.3) is 0 Å². The molecule has 2 heterocycles. The summed E-state index contributed by atoms with van der Waals surface area (Å²) >= 11 is 1.89. The van der Waals surface area contributed by atoms with Crippen molar-refractivity contribution in [2.24, 2.45) is 0 Å². The zero-order chi connectivity index (χ0) is 21.1. The monoisotopic (exact) mass is 425 g/mol. The molecule has 1 nitrogen and oxygen atoms in total. The minimum Gasteiger partial charge on any atom is -0.309 e. The number of aromatic nitrogens is 1. The zero-order valence-electron chi connectivity index (χ0n) is 17.3. The number of hydrogen-bond donors (Lipinski definition) is 0. The maximum absolute atomic E-state index is 2.39. The van der Waals surface area contributed by atoms with Gasteiger partial charge in [0.05, 0.1) is 11.0 Å². The van der Waals surface area contributed by atoms with E-state index in [0.29, 0.717) is 0 Å². The van der Waals surface area contributed by atoms with Crippen LogP contribution in [0.15, 0.2) is 115 Å². The third kappa shape index (κ3) is 2.50. The van der Waals surface area contributed by atoms with Crippen LogP contribution in [0, 0.1) is 0 Å². The number of hydrogen-bond acceptors (Lipinski definition) is 1. The van der Waals surface area contributed by atoms with Crippen molar-refractivity contribution in [3.63, 3.8) is 0 Å². The fraction of sp³-hybridized carbons (Fsp3) is 0. The summed E-state index contributed by atoms with van der Waals surface area (Å²) in [6, 6.07) is 41.7. The second-order valence-corrected chi connectivity index (χ2v) is 9.25. The highest BCUT2D eigenvalue weighted by molar-refractivity contribution is 7.26. The summed E-state index contributed by atoms with van der Waals surface area (Å²) in [5.41, 5.74) is 6.24. The summed E-state index contributed by atoms with van der Waals surface area (Å²) in [4.78, 5) is 0. The maximum Gasteiger partial charge on any atom is 0.0547 e. The van der Waals surface area contributed by atoms with E-state index in [9.17, 15) is 0 Å². The standard InChI is InChI=1S/C30H19NS/c1-2-9-21(10-3-1)31-27-15-6-4-11-23(27)24-18-17-20(19-28(24)31)22-13-8-14-26-25-12-5-7-16-29(25)32-30(22)26/h1-19H. The van der Waals surface area contributed by atoms with Crippen LogP contribution in [0.4, 0.5) is 0 Å². The highest BCUT2D eigenvalue weighted by atomic mass is 32.1. The van der Waals surface area contributed by atoms with Crippen molar-refractivity contribution in [1.82, 2.24) is 4.57 Å². The van der Waals surface area contributed by atoms with Gasteiger partial charge in [-0.25, -0.2) is 0 Å². The first-order valence-electron chi connectivity index (χ1n) is 10.9. The van der Waals surface area contributed by atoms with Crippen LogP contribution in [0.5, 0.6) is 0 Å². The van der Waals surface area contributed by atoms with Crippen LogP contribution in [0.1, 0.15) is 0 Å². The highest BCUT2D eigenvalue weighted by Gasteiger charge is 2.15. The van der Waals surface area contributed by atoms with Crippen molar-refractivity contribution in [2.45, 2.75) is 0 Å². The van der Waals surface area contributed by atoms with Gasteiger partial charge in [-0.05, 0) is 41.5 Å². The van der Waals surface area contributed by atoms with E-state index >= 15 is 0 Å². The average Bonchev–Trinajstić information content (AvgIpc) is 3.40. The second kappa shape index (κ2) is 6.81. The van der Waals surface area contributed by atoms with Crippen LogP contribution < -0.4 is 0 Å². The molecule has 0 amide bonds. The maximum atomic E-state index is 2.39. The van der Waals surface area contributed by atoms with Crippen LogP contribution >= 0.6 is 11.3 Å². The molecule has 0 bridgehead atoms. The van der Waals surface area contributed by atoms with Crippen molar-refractivity contribution < 1.29 is 0 Å². The van der Waals surface area contributed by atoms with E-state index in [1.54, 1.807) is 0 Å². The minimum atomic E-state index is 1.19. The molecule has 0 spiro atoms. The third-order valence-corrected chi connectivity index (χ3v) is 7.62. The molecule has 0 fully saturated rings. The molecule has 0 aliphatic rings. The summed E-state index contributed by atoms with van der Waals surface area (Å²) in [5.74, 6) is 0. The van der Waals surface area contributed by atoms with Gasteiger partial charge in [-0.2, -0.15) is 0 Å². The second-order valence-electron chi connectivity index (χ2n) is 8.20. The van der Waals surface area contributed by atoms with Crippen molar-refractivity contribution in [1.29, 1.82) is 0 Å². The molecule has 2 aromatic heterocycles. The normalized spacial score (nSPS) is 11.8. The van der Waals surface area contributed by atoms with Gasteiger partial charge in [0.15, 0.2) is 0 Å². The molecule has 32 heavy (non-hydrogen) atoms. The summed E-state index contributed by atoms with van der Waals surface area (Å²) in [6.07, 6.45) is 0. The number of rotatable bonds is 2. The number of thiophene rings is 1. The smallest absolute Gasteiger partial charge is 0.0547 e. The topological polar surface area (TPSA) is 4.93 Å².